The summed E-state index contributed by atoms with van der Waals surface area (Å²) in [6.07, 6.45) is 5.36. The van der Waals surface area contributed by atoms with E-state index in [0.29, 0.717) is 28.0 Å². The van der Waals surface area contributed by atoms with Crippen LogP contribution in [0.3, 0.4) is 0 Å². The summed E-state index contributed by atoms with van der Waals surface area (Å²) < 4.78 is 1.60. The van der Waals surface area contributed by atoms with Crippen molar-refractivity contribution in [1.29, 1.82) is 0 Å². The number of piperazine rings is 1. The molecule has 0 N–H and O–H groups in total. The van der Waals surface area contributed by atoms with E-state index in [-0.39, 0.29) is 5.78 Å². The highest BCUT2D eigenvalue weighted by Crippen LogP contribution is 2.26. The van der Waals surface area contributed by atoms with E-state index in [1.54, 1.807) is 35.4 Å². The molecule has 0 saturated carbocycles. The monoisotopic (exact) mass is 444 g/mol. The zero-order chi connectivity index (χ0) is 21.1. The van der Waals surface area contributed by atoms with Crippen LogP contribution in [0, 0.1) is 6.92 Å². The number of aromatic nitrogens is 4. The van der Waals surface area contributed by atoms with Crippen molar-refractivity contribution in [3.8, 4) is 5.95 Å². The van der Waals surface area contributed by atoms with Crippen LogP contribution in [0.4, 0.5) is 5.69 Å². The molecule has 1 aliphatic rings. The largest absolute Gasteiger partial charge is 0.369 e. The molecule has 7 nitrogen and oxygen atoms in total. The van der Waals surface area contributed by atoms with Crippen LogP contribution < -0.4 is 4.90 Å². The van der Waals surface area contributed by atoms with Crippen molar-refractivity contribution in [2.45, 2.75) is 13.3 Å². The van der Waals surface area contributed by atoms with Crippen LogP contribution in [-0.2, 0) is 0 Å². The molecule has 0 unspecified atom stereocenters. The Balaban J connectivity index is 1.32. The molecule has 0 bridgehead atoms. The van der Waals surface area contributed by atoms with E-state index in [1.165, 1.54) is 0 Å². The average Bonchev–Trinajstić information content (AvgIpc) is 3.14. The van der Waals surface area contributed by atoms with E-state index in [2.05, 4.69) is 24.9 Å². The van der Waals surface area contributed by atoms with Crippen LogP contribution in [0.2, 0.25) is 10.0 Å². The molecule has 3 heterocycles. The first kappa shape index (κ1) is 20.8. The molecule has 0 amide bonds. The smallest absolute Gasteiger partial charge is 0.250 e. The highest BCUT2D eigenvalue weighted by atomic mass is 35.5. The van der Waals surface area contributed by atoms with Crippen LogP contribution in [0.5, 0.6) is 0 Å². The fraction of sp³-hybridized carbons (Fsp3) is 0.333. The quantitative estimate of drug-likeness (QED) is 0.540. The molecule has 9 heteroatoms. The zero-order valence-corrected chi connectivity index (χ0v) is 18.1. The van der Waals surface area contributed by atoms with Crippen LogP contribution in [0.15, 0.2) is 42.9 Å². The second-order valence-corrected chi connectivity index (χ2v) is 8.11. The topological polar surface area (TPSA) is 67.2 Å². The number of ketones is 1. The summed E-state index contributed by atoms with van der Waals surface area (Å²) in [5.74, 6) is 0.546. The fourth-order valence-corrected chi connectivity index (χ4v) is 4.15. The third kappa shape index (κ3) is 4.64. The Morgan fingerprint density at radius 3 is 2.37 bits per heavy atom. The number of benzene rings is 1. The van der Waals surface area contributed by atoms with E-state index >= 15 is 0 Å². The van der Waals surface area contributed by atoms with Gasteiger partial charge in [0, 0.05) is 67.3 Å². The first-order chi connectivity index (χ1) is 14.5. The molecule has 30 heavy (non-hydrogen) atoms. The minimum Gasteiger partial charge on any atom is -0.369 e. The average molecular weight is 445 g/mol. The maximum Gasteiger partial charge on any atom is 0.250 e. The summed E-state index contributed by atoms with van der Waals surface area (Å²) in [5.41, 5.74) is 2.41. The number of anilines is 1. The van der Waals surface area contributed by atoms with Gasteiger partial charge in [0.05, 0.1) is 17.5 Å². The highest BCUT2D eigenvalue weighted by Gasteiger charge is 2.21. The molecule has 1 aliphatic heterocycles. The Bertz CT molecular complexity index is 1010. The first-order valence-electron chi connectivity index (χ1n) is 9.80. The van der Waals surface area contributed by atoms with Crippen molar-refractivity contribution in [2.75, 3.05) is 37.6 Å². The Kier molecular flexibility index (Phi) is 6.32. The molecule has 0 spiro atoms. The summed E-state index contributed by atoms with van der Waals surface area (Å²) in [4.78, 5) is 25.7. The lowest BCUT2D eigenvalue weighted by Gasteiger charge is -2.36. The van der Waals surface area contributed by atoms with Gasteiger partial charge in [0.15, 0.2) is 5.78 Å². The summed E-state index contributed by atoms with van der Waals surface area (Å²) in [7, 11) is 0. The number of halogens is 2. The first-order valence-corrected chi connectivity index (χ1v) is 10.6. The van der Waals surface area contributed by atoms with Crippen molar-refractivity contribution < 1.29 is 4.79 Å². The minimum atomic E-state index is 0.0822. The van der Waals surface area contributed by atoms with Gasteiger partial charge in [0.2, 0.25) is 0 Å². The molecular weight excluding hydrogens is 423 g/mol. The van der Waals surface area contributed by atoms with Crippen molar-refractivity contribution in [1.82, 2.24) is 24.6 Å². The maximum absolute atomic E-state index is 12.8. The summed E-state index contributed by atoms with van der Waals surface area (Å²) in [6, 6.07) is 7.35. The van der Waals surface area contributed by atoms with E-state index < -0.39 is 0 Å². The third-order valence-electron chi connectivity index (χ3n) is 5.29. The molecule has 1 saturated heterocycles. The Morgan fingerprint density at radius 1 is 1.03 bits per heavy atom. The van der Waals surface area contributed by atoms with Crippen LogP contribution in [-0.4, -0.2) is 63.2 Å². The molecule has 0 atom stereocenters. The number of rotatable bonds is 6. The summed E-state index contributed by atoms with van der Waals surface area (Å²) in [5, 5.41) is 5.57. The normalized spacial score (nSPS) is 14.8. The lowest BCUT2D eigenvalue weighted by molar-refractivity contribution is 0.0962. The molecule has 3 aromatic rings. The molecule has 156 valence electrons. The third-order valence-corrected chi connectivity index (χ3v) is 5.73. The van der Waals surface area contributed by atoms with Gasteiger partial charge < -0.3 is 4.90 Å². The van der Waals surface area contributed by atoms with Gasteiger partial charge in [-0.05, 0) is 31.2 Å². The van der Waals surface area contributed by atoms with Crippen molar-refractivity contribution in [3.63, 3.8) is 0 Å². The minimum absolute atomic E-state index is 0.0822. The molecular formula is C21H22Cl2N6O. The standard InChI is InChI=1S/C21H22Cl2N6O/c1-15-19(14-26-29(15)21-24-4-2-5-25-21)20(30)3-6-27-7-9-28(10-8-27)18-12-16(22)11-17(23)13-18/h2,4-5,11-14H,3,6-10H2,1H3. The van der Waals surface area contributed by atoms with Gasteiger partial charge in [-0.2, -0.15) is 5.10 Å². The van der Waals surface area contributed by atoms with E-state index in [1.807, 2.05) is 19.1 Å². The zero-order valence-electron chi connectivity index (χ0n) is 16.6. The number of hydrogen-bond acceptors (Lipinski definition) is 6. The van der Waals surface area contributed by atoms with Gasteiger partial charge in [-0.15, -0.1) is 0 Å². The number of hydrogen-bond donors (Lipinski definition) is 0. The molecule has 1 aromatic carbocycles. The molecule has 2 aromatic heterocycles. The van der Waals surface area contributed by atoms with Crippen molar-refractivity contribution in [3.05, 3.63) is 64.2 Å². The van der Waals surface area contributed by atoms with Crippen molar-refractivity contribution in [2.24, 2.45) is 0 Å². The number of Topliss-reactive ketones (excluding diaryl/α,β-unsaturated/α-hetero) is 1. The fourth-order valence-electron chi connectivity index (χ4n) is 3.63. The van der Waals surface area contributed by atoms with Gasteiger partial charge in [-0.1, -0.05) is 23.2 Å². The van der Waals surface area contributed by atoms with E-state index in [0.717, 1.165) is 44.1 Å². The van der Waals surface area contributed by atoms with Gasteiger partial charge in [0.1, 0.15) is 0 Å². The van der Waals surface area contributed by atoms with Crippen LogP contribution in [0.1, 0.15) is 22.5 Å². The SMILES string of the molecule is Cc1c(C(=O)CCN2CCN(c3cc(Cl)cc(Cl)c3)CC2)cnn1-c1ncccn1. The van der Waals surface area contributed by atoms with Crippen LogP contribution in [0.25, 0.3) is 5.95 Å². The maximum atomic E-state index is 12.8. The van der Waals surface area contributed by atoms with Crippen molar-refractivity contribution >= 4 is 34.7 Å². The summed E-state index contributed by atoms with van der Waals surface area (Å²) in [6.45, 7) is 6.09. The van der Waals surface area contributed by atoms with Gasteiger partial charge in [0.25, 0.3) is 5.95 Å². The van der Waals surface area contributed by atoms with Crippen LogP contribution >= 0.6 is 23.2 Å². The lowest BCUT2D eigenvalue weighted by atomic mass is 10.1. The predicted octanol–water partition coefficient (Wildman–Crippen LogP) is 3.67. The Morgan fingerprint density at radius 2 is 1.70 bits per heavy atom. The Hall–Kier alpha value is -2.48. The molecule has 0 radical (unpaired) electrons. The second-order valence-electron chi connectivity index (χ2n) is 7.23. The second kappa shape index (κ2) is 9.12. The lowest BCUT2D eigenvalue weighted by Crippen LogP contribution is -2.46. The highest BCUT2D eigenvalue weighted by molar-refractivity contribution is 6.35. The van der Waals surface area contributed by atoms with Gasteiger partial charge in [-0.3, -0.25) is 9.69 Å². The molecule has 0 aliphatic carbocycles. The summed E-state index contributed by atoms with van der Waals surface area (Å²) >= 11 is 12.2. The Labute approximate surface area is 185 Å². The molecule has 4 rings (SSSR count). The van der Waals surface area contributed by atoms with Gasteiger partial charge >= 0.3 is 0 Å². The number of carbonyl (C=O) groups excluding carboxylic acids is 1. The predicted molar refractivity (Wildman–Crippen MR) is 118 cm³/mol. The van der Waals surface area contributed by atoms with E-state index in [4.69, 9.17) is 23.2 Å². The number of carbonyl (C=O) groups is 1. The van der Waals surface area contributed by atoms with E-state index in [9.17, 15) is 4.79 Å². The van der Waals surface area contributed by atoms with Gasteiger partial charge in [-0.25, -0.2) is 14.6 Å². The number of nitrogens with zero attached hydrogens (tertiary/aromatic N) is 6. The molecule has 1 fully saturated rings.